The van der Waals surface area contributed by atoms with Crippen molar-refractivity contribution in [2.24, 2.45) is 0 Å². The number of methoxy groups -OCH3 is 1. The molecule has 0 aliphatic heterocycles. The van der Waals surface area contributed by atoms with Gasteiger partial charge in [-0.3, -0.25) is 4.79 Å². The summed E-state index contributed by atoms with van der Waals surface area (Å²) in [6.45, 7) is 0. The first-order valence-electron chi connectivity index (χ1n) is 9.13. The van der Waals surface area contributed by atoms with Crippen molar-refractivity contribution in [1.29, 1.82) is 0 Å². The van der Waals surface area contributed by atoms with Gasteiger partial charge >= 0.3 is 0 Å². The highest BCUT2D eigenvalue weighted by atomic mass is 32.2. The molecule has 1 heterocycles. The zero-order valence-corrected chi connectivity index (χ0v) is 18.2. The van der Waals surface area contributed by atoms with E-state index >= 15 is 0 Å². The molecular formula is C22H22N2O4S2. The zero-order valence-electron chi connectivity index (χ0n) is 16.5. The molecule has 0 saturated heterocycles. The summed E-state index contributed by atoms with van der Waals surface area (Å²) in [4.78, 5) is 13.6. The molecule has 1 unspecified atom stereocenters. The second-order valence-electron chi connectivity index (χ2n) is 6.32. The van der Waals surface area contributed by atoms with E-state index in [9.17, 15) is 13.2 Å². The summed E-state index contributed by atoms with van der Waals surface area (Å²) in [5.74, 6) is -0.0566. The van der Waals surface area contributed by atoms with E-state index in [4.69, 9.17) is 4.74 Å². The van der Waals surface area contributed by atoms with Gasteiger partial charge in [-0.25, -0.2) is 13.1 Å². The van der Waals surface area contributed by atoms with Crippen molar-refractivity contribution in [1.82, 2.24) is 10.0 Å². The number of carbonyl (C=O) groups is 1. The Balaban J connectivity index is 1.82. The Morgan fingerprint density at radius 3 is 2.50 bits per heavy atom. The third-order valence-corrected chi connectivity index (χ3v) is 6.79. The van der Waals surface area contributed by atoms with Crippen LogP contribution in [0, 0.1) is 0 Å². The number of hydrogen-bond donors (Lipinski definition) is 2. The van der Waals surface area contributed by atoms with E-state index in [2.05, 4.69) is 10.0 Å². The third-order valence-electron chi connectivity index (χ3n) is 4.42. The van der Waals surface area contributed by atoms with Crippen LogP contribution in [-0.2, 0) is 14.8 Å². The van der Waals surface area contributed by atoms with Gasteiger partial charge in [0.2, 0.25) is 15.9 Å². The SMILES string of the molecule is CNS(=O)(=O)c1cc(/C=C/C(=O)NC(c2ccccc2)c2cccs2)ccc1OC. The number of ether oxygens (including phenoxy) is 1. The predicted molar refractivity (Wildman–Crippen MR) is 119 cm³/mol. The van der Waals surface area contributed by atoms with Crippen LogP contribution in [-0.4, -0.2) is 28.5 Å². The summed E-state index contributed by atoms with van der Waals surface area (Å²) >= 11 is 1.57. The van der Waals surface area contributed by atoms with E-state index < -0.39 is 10.0 Å². The molecule has 0 fully saturated rings. The molecule has 0 aliphatic rings. The molecule has 6 nitrogen and oxygen atoms in total. The molecule has 0 spiro atoms. The van der Waals surface area contributed by atoms with Crippen LogP contribution < -0.4 is 14.8 Å². The summed E-state index contributed by atoms with van der Waals surface area (Å²) in [5, 5.41) is 4.98. The number of nitrogens with one attached hydrogen (secondary N) is 2. The third kappa shape index (κ3) is 5.15. The van der Waals surface area contributed by atoms with Crippen LogP contribution in [0.5, 0.6) is 5.75 Å². The average molecular weight is 443 g/mol. The minimum atomic E-state index is -3.69. The van der Waals surface area contributed by atoms with E-state index in [0.29, 0.717) is 5.56 Å². The molecule has 1 amide bonds. The van der Waals surface area contributed by atoms with Crippen molar-refractivity contribution in [2.75, 3.05) is 14.2 Å². The monoisotopic (exact) mass is 442 g/mol. The Morgan fingerprint density at radius 1 is 1.10 bits per heavy atom. The van der Waals surface area contributed by atoms with Gasteiger partial charge in [0.1, 0.15) is 10.6 Å². The quantitative estimate of drug-likeness (QED) is 0.522. The molecule has 0 saturated carbocycles. The molecule has 30 heavy (non-hydrogen) atoms. The molecule has 0 bridgehead atoms. The van der Waals surface area contributed by atoms with Crippen molar-refractivity contribution in [2.45, 2.75) is 10.9 Å². The van der Waals surface area contributed by atoms with Crippen LogP contribution in [0.2, 0.25) is 0 Å². The first-order chi connectivity index (χ1) is 14.4. The van der Waals surface area contributed by atoms with Gasteiger partial charge in [0.15, 0.2) is 0 Å². The van der Waals surface area contributed by atoms with E-state index in [1.165, 1.54) is 26.3 Å². The Hall–Kier alpha value is -2.94. The number of rotatable bonds is 8. The first kappa shape index (κ1) is 21.8. The minimum absolute atomic E-state index is 0.0100. The molecular weight excluding hydrogens is 420 g/mol. The summed E-state index contributed by atoms with van der Waals surface area (Å²) in [5.41, 5.74) is 1.54. The Labute approximate surface area is 180 Å². The van der Waals surface area contributed by atoms with Crippen LogP contribution >= 0.6 is 11.3 Å². The molecule has 2 aromatic carbocycles. The lowest BCUT2D eigenvalue weighted by atomic mass is 10.1. The number of amides is 1. The van der Waals surface area contributed by atoms with Crippen LogP contribution in [0.4, 0.5) is 0 Å². The number of thiophene rings is 1. The average Bonchev–Trinajstić information content (AvgIpc) is 3.31. The fraction of sp³-hybridized carbons (Fsp3) is 0.136. The highest BCUT2D eigenvalue weighted by Gasteiger charge is 2.18. The summed E-state index contributed by atoms with van der Waals surface area (Å²) < 4.78 is 31.8. The number of sulfonamides is 1. The molecule has 8 heteroatoms. The standard InChI is InChI=1S/C22H22N2O4S2/c1-23-30(26,27)20-15-16(10-12-18(20)28-2)11-13-21(25)24-22(19-9-6-14-29-19)17-7-4-3-5-8-17/h3-15,22-23H,1-2H3,(H,24,25)/b13-11+. The Morgan fingerprint density at radius 2 is 1.87 bits per heavy atom. The summed E-state index contributed by atoms with van der Waals surface area (Å²) in [6, 6.07) is 18.1. The van der Waals surface area contributed by atoms with Crippen molar-refractivity contribution in [3.63, 3.8) is 0 Å². The molecule has 3 aromatic rings. The first-order valence-corrected chi connectivity index (χ1v) is 11.5. The molecule has 1 atom stereocenters. The van der Waals surface area contributed by atoms with Crippen molar-refractivity contribution < 1.29 is 17.9 Å². The maximum absolute atomic E-state index is 12.6. The van der Waals surface area contributed by atoms with E-state index in [1.807, 2.05) is 47.8 Å². The molecule has 0 aliphatic carbocycles. The lowest BCUT2D eigenvalue weighted by molar-refractivity contribution is -0.116. The van der Waals surface area contributed by atoms with Gasteiger partial charge in [0, 0.05) is 11.0 Å². The Bertz CT molecular complexity index is 1130. The van der Waals surface area contributed by atoms with Gasteiger partial charge in [0.25, 0.3) is 0 Å². The van der Waals surface area contributed by atoms with E-state index in [-0.39, 0.29) is 22.6 Å². The topological polar surface area (TPSA) is 84.5 Å². The minimum Gasteiger partial charge on any atom is -0.495 e. The van der Waals surface area contributed by atoms with Crippen molar-refractivity contribution >= 4 is 33.3 Å². The van der Waals surface area contributed by atoms with Crippen LogP contribution in [0.25, 0.3) is 6.08 Å². The number of benzene rings is 2. The second kappa shape index (κ2) is 9.71. The molecule has 0 radical (unpaired) electrons. The Kier molecular flexibility index (Phi) is 7.04. The number of carbonyl (C=O) groups excluding carboxylic acids is 1. The molecule has 2 N–H and O–H groups in total. The van der Waals surface area contributed by atoms with Gasteiger partial charge in [-0.2, -0.15) is 0 Å². The lowest BCUT2D eigenvalue weighted by Crippen LogP contribution is -2.27. The second-order valence-corrected chi connectivity index (χ2v) is 9.15. The molecule has 156 valence electrons. The smallest absolute Gasteiger partial charge is 0.244 e. The maximum Gasteiger partial charge on any atom is 0.244 e. The van der Waals surface area contributed by atoms with Gasteiger partial charge in [-0.05, 0) is 47.8 Å². The highest BCUT2D eigenvalue weighted by Crippen LogP contribution is 2.27. The summed E-state index contributed by atoms with van der Waals surface area (Å²) in [7, 11) is -0.958. The van der Waals surface area contributed by atoms with Crippen LogP contribution in [0.3, 0.4) is 0 Å². The normalized spacial score (nSPS) is 12.6. The molecule has 3 rings (SSSR count). The van der Waals surface area contributed by atoms with Gasteiger partial charge < -0.3 is 10.1 Å². The highest BCUT2D eigenvalue weighted by molar-refractivity contribution is 7.89. The summed E-state index contributed by atoms with van der Waals surface area (Å²) in [6.07, 6.45) is 2.96. The lowest BCUT2D eigenvalue weighted by Gasteiger charge is -2.17. The van der Waals surface area contributed by atoms with E-state index in [0.717, 1.165) is 10.4 Å². The van der Waals surface area contributed by atoms with Gasteiger partial charge in [0.05, 0.1) is 13.2 Å². The predicted octanol–water partition coefficient (Wildman–Crippen LogP) is 3.58. The zero-order chi connectivity index (χ0) is 21.6. The fourth-order valence-corrected chi connectivity index (χ4v) is 4.63. The van der Waals surface area contributed by atoms with Crippen LogP contribution in [0.1, 0.15) is 22.0 Å². The van der Waals surface area contributed by atoms with Gasteiger partial charge in [-0.1, -0.05) is 42.5 Å². The number of hydrogen-bond acceptors (Lipinski definition) is 5. The maximum atomic E-state index is 12.6. The van der Waals surface area contributed by atoms with Crippen molar-refractivity contribution in [3.8, 4) is 5.75 Å². The molecule has 1 aromatic heterocycles. The fourth-order valence-electron chi connectivity index (χ4n) is 2.90. The van der Waals surface area contributed by atoms with Crippen LogP contribution in [0.15, 0.2) is 77.0 Å². The van der Waals surface area contributed by atoms with E-state index in [1.54, 1.807) is 29.5 Å². The van der Waals surface area contributed by atoms with Gasteiger partial charge in [-0.15, -0.1) is 11.3 Å². The van der Waals surface area contributed by atoms with Crippen molar-refractivity contribution in [3.05, 3.63) is 88.1 Å². The largest absolute Gasteiger partial charge is 0.495 e.